The second-order valence-corrected chi connectivity index (χ2v) is 9.23. The summed E-state index contributed by atoms with van der Waals surface area (Å²) in [5.41, 5.74) is 2.97. The van der Waals surface area contributed by atoms with Gasteiger partial charge in [-0.3, -0.25) is 0 Å². The van der Waals surface area contributed by atoms with E-state index < -0.39 is 0 Å². The molecule has 7 heteroatoms. The molecule has 0 atom stereocenters. The summed E-state index contributed by atoms with van der Waals surface area (Å²) in [7, 11) is 3.81. The summed E-state index contributed by atoms with van der Waals surface area (Å²) < 4.78 is 8.62. The minimum absolute atomic E-state index is 0.152. The normalized spacial score (nSPS) is 19.5. The zero-order chi connectivity index (χ0) is 20.8. The Labute approximate surface area is 179 Å². The lowest BCUT2D eigenvalue weighted by Gasteiger charge is -2.33. The van der Waals surface area contributed by atoms with Crippen molar-refractivity contribution in [1.29, 1.82) is 0 Å². The molecule has 3 heterocycles. The molecule has 0 bridgehead atoms. The monoisotopic (exact) mass is 422 g/mol. The first-order chi connectivity index (χ1) is 14.5. The Morgan fingerprint density at radius 3 is 2.73 bits per heavy atom. The Hall–Kier alpha value is -2.64. The van der Waals surface area contributed by atoms with Gasteiger partial charge in [-0.05, 0) is 73.9 Å². The maximum Gasteiger partial charge on any atom is 0.154 e. The molecule has 0 spiro atoms. The summed E-state index contributed by atoms with van der Waals surface area (Å²) in [5, 5.41) is 15.9. The van der Waals surface area contributed by atoms with Gasteiger partial charge in [0, 0.05) is 17.8 Å². The van der Waals surface area contributed by atoms with E-state index in [-0.39, 0.29) is 6.10 Å². The van der Waals surface area contributed by atoms with E-state index in [9.17, 15) is 5.11 Å². The van der Waals surface area contributed by atoms with Crippen LogP contribution in [0, 0.1) is 6.92 Å². The fourth-order valence-electron chi connectivity index (χ4n) is 4.38. The number of aromatic nitrogens is 3. The zero-order valence-electron chi connectivity index (χ0n) is 17.5. The SMILES string of the molecule is COc1cc2sc(-c3cnc4ccc(N(C)[C@H]5CC[C@H](O)CC5)nn34)cc2cc1C. The Morgan fingerprint density at radius 1 is 1.17 bits per heavy atom. The van der Waals surface area contributed by atoms with Crippen LogP contribution in [0.1, 0.15) is 31.2 Å². The lowest BCUT2D eigenvalue weighted by molar-refractivity contribution is 0.122. The predicted molar refractivity (Wildman–Crippen MR) is 122 cm³/mol. The summed E-state index contributed by atoms with van der Waals surface area (Å²) in [6.45, 7) is 2.07. The third-order valence-electron chi connectivity index (χ3n) is 6.21. The van der Waals surface area contributed by atoms with Gasteiger partial charge in [0.15, 0.2) is 5.65 Å². The van der Waals surface area contributed by atoms with E-state index >= 15 is 0 Å². The van der Waals surface area contributed by atoms with E-state index in [0.29, 0.717) is 6.04 Å². The Balaban J connectivity index is 1.52. The van der Waals surface area contributed by atoms with Crippen LogP contribution in [0.15, 0.2) is 36.5 Å². The summed E-state index contributed by atoms with van der Waals surface area (Å²) in [5.74, 6) is 1.84. The van der Waals surface area contributed by atoms with Gasteiger partial charge in [-0.2, -0.15) is 0 Å². The molecule has 4 aromatic rings. The lowest BCUT2D eigenvalue weighted by Crippen LogP contribution is -2.37. The highest BCUT2D eigenvalue weighted by Gasteiger charge is 2.24. The van der Waals surface area contributed by atoms with Gasteiger partial charge in [0.1, 0.15) is 17.3 Å². The topological polar surface area (TPSA) is 62.9 Å². The Bertz CT molecular complexity index is 1210. The summed E-state index contributed by atoms with van der Waals surface area (Å²) in [6, 6.07) is 11.0. The zero-order valence-corrected chi connectivity index (χ0v) is 18.3. The van der Waals surface area contributed by atoms with Gasteiger partial charge in [0.05, 0.1) is 24.3 Å². The van der Waals surface area contributed by atoms with Crippen LogP contribution in [0.3, 0.4) is 0 Å². The predicted octanol–water partition coefficient (Wildman–Crippen LogP) is 4.67. The molecule has 1 aromatic carbocycles. The molecule has 0 aliphatic heterocycles. The lowest BCUT2D eigenvalue weighted by atomic mass is 9.92. The quantitative estimate of drug-likeness (QED) is 0.518. The van der Waals surface area contributed by atoms with Crippen LogP contribution in [0.2, 0.25) is 0 Å². The van der Waals surface area contributed by atoms with Crippen LogP contribution in [0.5, 0.6) is 5.75 Å². The van der Waals surface area contributed by atoms with E-state index in [2.05, 4.69) is 42.1 Å². The van der Waals surface area contributed by atoms with Crippen molar-refractivity contribution in [2.75, 3.05) is 19.1 Å². The summed E-state index contributed by atoms with van der Waals surface area (Å²) in [6.07, 6.45) is 5.45. The maximum atomic E-state index is 9.81. The number of hydrogen-bond donors (Lipinski definition) is 1. The highest BCUT2D eigenvalue weighted by Crippen LogP contribution is 2.37. The number of methoxy groups -OCH3 is 1. The number of rotatable bonds is 4. The smallest absolute Gasteiger partial charge is 0.154 e. The molecule has 1 aliphatic rings. The van der Waals surface area contributed by atoms with Gasteiger partial charge in [-0.1, -0.05) is 0 Å². The molecular formula is C23H26N4O2S. The molecule has 1 fully saturated rings. The summed E-state index contributed by atoms with van der Waals surface area (Å²) >= 11 is 1.73. The van der Waals surface area contributed by atoms with Crippen molar-refractivity contribution in [2.45, 2.75) is 44.8 Å². The molecule has 1 aliphatic carbocycles. The molecule has 0 radical (unpaired) electrons. The number of anilines is 1. The number of thiophene rings is 1. The molecule has 156 valence electrons. The molecule has 1 N–H and O–H groups in total. The number of imidazole rings is 1. The van der Waals surface area contributed by atoms with Gasteiger partial charge < -0.3 is 14.7 Å². The third-order valence-corrected chi connectivity index (χ3v) is 7.33. The van der Waals surface area contributed by atoms with Crippen molar-refractivity contribution in [3.63, 3.8) is 0 Å². The van der Waals surface area contributed by atoms with Gasteiger partial charge in [0.2, 0.25) is 0 Å². The van der Waals surface area contributed by atoms with Crippen LogP contribution >= 0.6 is 11.3 Å². The van der Waals surface area contributed by atoms with Crippen molar-refractivity contribution in [3.8, 4) is 16.3 Å². The molecular weight excluding hydrogens is 396 g/mol. The summed E-state index contributed by atoms with van der Waals surface area (Å²) in [4.78, 5) is 7.95. The Morgan fingerprint density at radius 2 is 1.97 bits per heavy atom. The van der Waals surface area contributed by atoms with Crippen molar-refractivity contribution in [1.82, 2.24) is 14.6 Å². The highest BCUT2D eigenvalue weighted by molar-refractivity contribution is 7.22. The standard InChI is InChI=1S/C23H26N4O2S/c1-14-10-15-11-21(30-20(15)12-19(14)29-3)18-13-24-22-8-9-23(25-27(18)22)26(2)16-4-6-17(28)7-5-16/h8-13,16-17,28H,4-7H2,1-3H3/t16-,17-. The number of fused-ring (bicyclic) bond motifs is 2. The average Bonchev–Trinajstić information content (AvgIpc) is 3.35. The molecule has 1 saturated carbocycles. The number of nitrogens with zero attached hydrogens (tertiary/aromatic N) is 4. The fraction of sp³-hybridized carbons (Fsp3) is 0.391. The van der Waals surface area contributed by atoms with Crippen LogP contribution in [-0.2, 0) is 0 Å². The average molecular weight is 423 g/mol. The number of hydrogen-bond acceptors (Lipinski definition) is 6. The second kappa shape index (κ2) is 7.56. The maximum absolute atomic E-state index is 9.81. The molecule has 0 unspecified atom stereocenters. The molecule has 0 saturated heterocycles. The van der Waals surface area contributed by atoms with Crippen molar-refractivity contribution in [3.05, 3.63) is 42.1 Å². The van der Waals surface area contributed by atoms with Gasteiger partial charge in [0.25, 0.3) is 0 Å². The number of ether oxygens (including phenoxy) is 1. The number of aliphatic hydroxyl groups excluding tert-OH is 1. The van der Waals surface area contributed by atoms with Crippen LogP contribution in [0.4, 0.5) is 5.82 Å². The van der Waals surface area contributed by atoms with Crippen molar-refractivity contribution < 1.29 is 9.84 Å². The Kier molecular flexibility index (Phi) is 4.87. The van der Waals surface area contributed by atoms with E-state index in [0.717, 1.165) is 59.0 Å². The molecule has 5 rings (SSSR count). The van der Waals surface area contributed by atoms with E-state index in [1.165, 1.54) is 10.1 Å². The number of aliphatic hydroxyl groups is 1. The van der Waals surface area contributed by atoms with E-state index in [4.69, 9.17) is 9.84 Å². The number of benzene rings is 1. The third kappa shape index (κ3) is 3.32. The van der Waals surface area contributed by atoms with Crippen LogP contribution < -0.4 is 9.64 Å². The van der Waals surface area contributed by atoms with Crippen LogP contribution in [0.25, 0.3) is 26.3 Å². The van der Waals surface area contributed by atoms with Gasteiger partial charge in [-0.25, -0.2) is 9.50 Å². The fourth-order valence-corrected chi connectivity index (χ4v) is 5.45. The van der Waals surface area contributed by atoms with E-state index in [1.807, 2.05) is 22.8 Å². The van der Waals surface area contributed by atoms with E-state index in [1.54, 1.807) is 18.4 Å². The second-order valence-electron chi connectivity index (χ2n) is 8.15. The molecule has 6 nitrogen and oxygen atoms in total. The first-order valence-corrected chi connectivity index (χ1v) is 11.2. The highest BCUT2D eigenvalue weighted by atomic mass is 32.1. The molecule has 30 heavy (non-hydrogen) atoms. The van der Waals surface area contributed by atoms with Gasteiger partial charge in [-0.15, -0.1) is 16.4 Å². The first kappa shape index (κ1) is 19.3. The molecule has 3 aromatic heterocycles. The van der Waals surface area contributed by atoms with Crippen molar-refractivity contribution >= 4 is 32.9 Å². The number of aryl methyl sites for hydroxylation is 1. The van der Waals surface area contributed by atoms with Crippen LogP contribution in [-0.4, -0.2) is 46.0 Å². The largest absolute Gasteiger partial charge is 0.496 e. The minimum Gasteiger partial charge on any atom is -0.496 e. The van der Waals surface area contributed by atoms with Crippen molar-refractivity contribution in [2.24, 2.45) is 0 Å². The molecule has 0 amide bonds. The minimum atomic E-state index is -0.152. The van der Waals surface area contributed by atoms with Gasteiger partial charge >= 0.3 is 0 Å². The first-order valence-electron chi connectivity index (χ1n) is 10.4.